The minimum absolute atomic E-state index is 0.216. The van der Waals surface area contributed by atoms with Crippen LogP contribution in [0.1, 0.15) is 35.0 Å². The van der Waals surface area contributed by atoms with Crippen LogP contribution in [0.15, 0.2) is 36.5 Å². The van der Waals surface area contributed by atoms with Gasteiger partial charge >= 0.3 is 5.97 Å². The van der Waals surface area contributed by atoms with Crippen LogP contribution in [-0.2, 0) is 23.0 Å². The zero-order valence-corrected chi connectivity index (χ0v) is 16.2. The molecule has 1 aromatic carbocycles. The number of rotatable bonds is 3. The van der Waals surface area contributed by atoms with E-state index in [-0.39, 0.29) is 5.91 Å². The predicted molar refractivity (Wildman–Crippen MR) is 105 cm³/mol. The number of esters is 1. The fourth-order valence-corrected chi connectivity index (χ4v) is 3.68. The first-order valence-corrected chi connectivity index (χ1v) is 9.35. The lowest BCUT2D eigenvalue weighted by Gasteiger charge is -2.31. The summed E-state index contributed by atoms with van der Waals surface area (Å²) in [7, 11) is 1.80. The van der Waals surface area contributed by atoms with E-state index in [1.54, 1.807) is 29.6 Å². The maximum atomic E-state index is 12.9. The first kappa shape index (κ1) is 18.2. The largest absolute Gasteiger partial charge is 0.449 e. The van der Waals surface area contributed by atoms with Gasteiger partial charge in [0, 0.05) is 30.9 Å². The standard InChI is InChI=1S/C21H22N4O3/c1-13-17-11-16(12-22-19(17)24(3)23-13)21(27)28-14(2)20(26)25-10-6-8-15-7-4-5-9-18(15)25/h4-5,7,9,11-12,14H,6,8,10H2,1-3H3. The summed E-state index contributed by atoms with van der Waals surface area (Å²) < 4.78 is 7.13. The molecule has 3 aromatic rings. The zero-order valence-electron chi connectivity index (χ0n) is 16.2. The minimum Gasteiger partial charge on any atom is -0.449 e. The molecule has 0 N–H and O–H groups in total. The molecule has 4 rings (SSSR count). The van der Waals surface area contributed by atoms with Crippen molar-refractivity contribution in [3.63, 3.8) is 0 Å². The second kappa shape index (κ2) is 7.07. The Morgan fingerprint density at radius 3 is 2.86 bits per heavy atom. The lowest BCUT2D eigenvalue weighted by Crippen LogP contribution is -2.42. The third-order valence-electron chi connectivity index (χ3n) is 5.11. The highest BCUT2D eigenvalue weighted by molar-refractivity contribution is 6.00. The van der Waals surface area contributed by atoms with Crippen LogP contribution in [0.5, 0.6) is 0 Å². The monoisotopic (exact) mass is 378 g/mol. The van der Waals surface area contributed by atoms with Gasteiger partial charge in [-0.05, 0) is 44.4 Å². The van der Waals surface area contributed by atoms with E-state index >= 15 is 0 Å². The molecule has 3 heterocycles. The summed E-state index contributed by atoms with van der Waals surface area (Å²) in [6.07, 6.45) is 2.41. The van der Waals surface area contributed by atoms with Crippen LogP contribution in [0.4, 0.5) is 5.69 Å². The van der Waals surface area contributed by atoms with Crippen LogP contribution >= 0.6 is 0 Å². The molecule has 0 radical (unpaired) electrons. The van der Waals surface area contributed by atoms with Crippen molar-refractivity contribution in [2.75, 3.05) is 11.4 Å². The fraction of sp³-hybridized carbons (Fsp3) is 0.333. The minimum atomic E-state index is -0.885. The van der Waals surface area contributed by atoms with E-state index in [1.807, 2.05) is 31.2 Å². The van der Waals surface area contributed by atoms with Crippen LogP contribution in [0, 0.1) is 6.92 Å². The Kier molecular flexibility index (Phi) is 4.58. The Bertz CT molecular complexity index is 1070. The number of pyridine rings is 1. The number of benzene rings is 1. The van der Waals surface area contributed by atoms with E-state index in [2.05, 4.69) is 10.1 Å². The summed E-state index contributed by atoms with van der Waals surface area (Å²) >= 11 is 0. The number of carbonyl (C=O) groups is 2. The van der Waals surface area contributed by atoms with E-state index in [0.29, 0.717) is 17.8 Å². The topological polar surface area (TPSA) is 77.3 Å². The van der Waals surface area contributed by atoms with Gasteiger partial charge in [0.1, 0.15) is 0 Å². The molecule has 0 bridgehead atoms. The molecule has 1 aliphatic heterocycles. The highest BCUT2D eigenvalue weighted by Crippen LogP contribution is 2.27. The van der Waals surface area contributed by atoms with E-state index in [1.165, 1.54) is 6.20 Å². The molecule has 1 unspecified atom stereocenters. The zero-order chi connectivity index (χ0) is 19.8. The van der Waals surface area contributed by atoms with Gasteiger partial charge in [-0.3, -0.25) is 9.48 Å². The summed E-state index contributed by atoms with van der Waals surface area (Å²) in [5, 5.41) is 5.10. The van der Waals surface area contributed by atoms with Gasteiger partial charge in [-0.25, -0.2) is 9.78 Å². The summed E-state index contributed by atoms with van der Waals surface area (Å²) in [6.45, 7) is 4.10. The molecule has 0 saturated carbocycles. The molecule has 0 fully saturated rings. The molecular weight excluding hydrogens is 356 g/mol. The third kappa shape index (κ3) is 3.13. The molecule has 1 atom stereocenters. The van der Waals surface area contributed by atoms with Crippen LogP contribution in [0.25, 0.3) is 11.0 Å². The smallest absolute Gasteiger partial charge is 0.340 e. The van der Waals surface area contributed by atoms with Gasteiger partial charge in [-0.15, -0.1) is 0 Å². The average Bonchev–Trinajstić information content (AvgIpc) is 3.00. The highest BCUT2D eigenvalue weighted by atomic mass is 16.5. The molecule has 7 nitrogen and oxygen atoms in total. The summed E-state index contributed by atoms with van der Waals surface area (Å²) in [4.78, 5) is 31.5. The van der Waals surface area contributed by atoms with Crippen molar-refractivity contribution >= 4 is 28.6 Å². The maximum absolute atomic E-state index is 12.9. The first-order chi connectivity index (χ1) is 13.5. The molecule has 2 aromatic heterocycles. The Balaban J connectivity index is 1.52. The number of fused-ring (bicyclic) bond motifs is 2. The van der Waals surface area contributed by atoms with Gasteiger partial charge in [0.25, 0.3) is 5.91 Å². The van der Waals surface area contributed by atoms with Crippen molar-refractivity contribution in [3.8, 4) is 0 Å². The quantitative estimate of drug-likeness (QED) is 0.655. The second-order valence-electron chi connectivity index (χ2n) is 7.07. The maximum Gasteiger partial charge on any atom is 0.340 e. The third-order valence-corrected chi connectivity index (χ3v) is 5.11. The number of aromatic nitrogens is 3. The van der Waals surface area contributed by atoms with Gasteiger partial charge < -0.3 is 9.64 Å². The van der Waals surface area contributed by atoms with Gasteiger partial charge in [-0.2, -0.15) is 5.10 Å². The van der Waals surface area contributed by atoms with Crippen molar-refractivity contribution in [3.05, 3.63) is 53.3 Å². The van der Waals surface area contributed by atoms with Gasteiger partial charge in [-0.1, -0.05) is 18.2 Å². The van der Waals surface area contributed by atoms with Crippen LogP contribution in [0.2, 0.25) is 0 Å². The molecule has 0 aliphatic carbocycles. The fourth-order valence-electron chi connectivity index (χ4n) is 3.68. The molecule has 1 amide bonds. The van der Waals surface area contributed by atoms with Crippen LogP contribution in [0.3, 0.4) is 0 Å². The molecule has 1 aliphatic rings. The number of nitrogens with zero attached hydrogens (tertiary/aromatic N) is 4. The number of ether oxygens (including phenoxy) is 1. The van der Waals surface area contributed by atoms with Crippen LogP contribution in [-0.4, -0.2) is 39.3 Å². The highest BCUT2D eigenvalue weighted by Gasteiger charge is 2.28. The average molecular weight is 378 g/mol. The SMILES string of the molecule is Cc1nn(C)c2ncc(C(=O)OC(C)C(=O)N3CCCc4ccccc43)cc12. The predicted octanol–water partition coefficient (Wildman–Crippen LogP) is 2.80. The van der Waals surface area contributed by atoms with Crippen molar-refractivity contribution in [2.45, 2.75) is 32.8 Å². The van der Waals surface area contributed by atoms with Crippen molar-refractivity contribution in [1.29, 1.82) is 0 Å². The Hall–Kier alpha value is -3.22. The van der Waals surface area contributed by atoms with Gasteiger partial charge in [0.15, 0.2) is 11.8 Å². The molecular formula is C21H22N4O3. The van der Waals surface area contributed by atoms with E-state index in [9.17, 15) is 9.59 Å². The van der Waals surface area contributed by atoms with Crippen molar-refractivity contribution in [2.24, 2.45) is 7.05 Å². The number of hydrogen-bond donors (Lipinski definition) is 0. The lowest BCUT2D eigenvalue weighted by atomic mass is 10.0. The summed E-state index contributed by atoms with van der Waals surface area (Å²) in [5.74, 6) is -0.782. The van der Waals surface area contributed by atoms with Crippen molar-refractivity contribution in [1.82, 2.24) is 14.8 Å². The first-order valence-electron chi connectivity index (χ1n) is 9.35. The number of aryl methyl sites for hydroxylation is 3. The number of carbonyl (C=O) groups excluding carboxylic acids is 2. The Morgan fingerprint density at radius 1 is 1.25 bits per heavy atom. The normalized spacial score (nSPS) is 14.6. The molecule has 0 spiro atoms. The Morgan fingerprint density at radius 2 is 2.04 bits per heavy atom. The summed E-state index contributed by atoms with van der Waals surface area (Å²) in [5.41, 5.74) is 3.83. The molecule has 28 heavy (non-hydrogen) atoms. The van der Waals surface area contributed by atoms with Crippen molar-refractivity contribution < 1.29 is 14.3 Å². The van der Waals surface area contributed by atoms with Gasteiger partial charge in [0.2, 0.25) is 0 Å². The number of amides is 1. The number of para-hydroxylation sites is 1. The van der Waals surface area contributed by atoms with E-state index in [0.717, 1.165) is 35.2 Å². The van der Waals surface area contributed by atoms with Gasteiger partial charge in [0.05, 0.1) is 11.3 Å². The molecule has 7 heteroatoms. The lowest BCUT2D eigenvalue weighted by molar-refractivity contribution is -0.126. The van der Waals surface area contributed by atoms with Crippen LogP contribution < -0.4 is 4.90 Å². The number of anilines is 1. The molecule has 0 saturated heterocycles. The van der Waals surface area contributed by atoms with E-state index < -0.39 is 12.1 Å². The second-order valence-corrected chi connectivity index (χ2v) is 7.07. The number of hydrogen-bond acceptors (Lipinski definition) is 5. The van der Waals surface area contributed by atoms with E-state index in [4.69, 9.17) is 4.74 Å². The molecule has 144 valence electrons. The summed E-state index contributed by atoms with van der Waals surface area (Å²) in [6, 6.07) is 9.56. The Labute approximate surface area is 162 Å².